The van der Waals surface area contributed by atoms with Crippen molar-refractivity contribution in [2.24, 2.45) is 0 Å². The monoisotopic (exact) mass is 302 g/mol. The van der Waals surface area contributed by atoms with E-state index in [1.807, 2.05) is 20.8 Å². The fourth-order valence-electron chi connectivity index (χ4n) is 1.79. The highest BCUT2D eigenvalue weighted by Gasteiger charge is 2.19. The van der Waals surface area contributed by atoms with E-state index in [0.29, 0.717) is 5.89 Å². The summed E-state index contributed by atoms with van der Waals surface area (Å²) in [5.74, 6) is -0.298. The van der Waals surface area contributed by atoms with Gasteiger partial charge in [0.2, 0.25) is 5.89 Å². The summed E-state index contributed by atoms with van der Waals surface area (Å²) >= 11 is 0. The number of hydrogen-bond acceptors (Lipinski definition) is 4. The van der Waals surface area contributed by atoms with Gasteiger partial charge in [-0.25, -0.2) is 9.78 Å². The molecular weight excluding hydrogens is 284 g/mol. The van der Waals surface area contributed by atoms with E-state index in [1.165, 1.54) is 18.2 Å². The maximum atomic E-state index is 12.0. The van der Waals surface area contributed by atoms with E-state index in [0.717, 1.165) is 5.76 Å². The Bertz CT molecular complexity index is 698. The van der Waals surface area contributed by atoms with Gasteiger partial charge in [0.1, 0.15) is 5.76 Å². The van der Waals surface area contributed by atoms with Crippen LogP contribution in [-0.4, -0.2) is 22.0 Å². The highest BCUT2D eigenvalue weighted by Crippen LogP contribution is 2.22. The number of aromatic nitrogens is 1. The average molecular weight is 302 g/mol. The smallest absolute Gasteiger partial charge is 0.335 e. The lowest BCUT2D eigenvalue weighted by Gasteiger charge is -2.13. The Hall–Kier alpha value is -2.63. The van der Waals surface area contributed by atoms with Crippen LogP contribution in [0.1, 0.15) is 53.1 Å². The van der Waals surface area contributed by atoms with Gasteiger partial charge >= 0.3 is 5.97 Å². The number of benzene rings is 1. The SMILES string of the molecule is CC(C)(C)c1cnc(CNC(=O)c2cccc(C(=O)O)c2)o1. The second kappa shape index (κ2) is 6.01. The summed E-state index contributed by atoms with van der Waals surface area (Å²) in [6.07, 6.45) is 1.65. The summed E-state index contributed by atoms with van der Waals surface area (Å²) in [7, 11) is 0. The van der Waals surface area contributed by atoms with Gasteiger partial charge in [-0.1, -0.05) is 26.8 Å². The molecule has 1 heterocycles. The first-order chi connectivity index (χ1) is 10.3. The van der Waals surface area contributed by atoms with Crippen molar-refractivity contribution in [1.82, 2.24) is 10.3 Å². The fraction of sp³-hybridized carbons (Fsp3) is 0.312. The molecule has 0 saturated carbocycles. The molecule has 1 aromatic heterocycles. The molecule has 0 spiro atoms. The van der Waals surface area contributed by atoms with Crippen LogP contribution in [0.5, 0.6) is 0 Å². The number of rotatable bonds is 4. The lowest BCUT2D eigenvalue weighted by molar-refractivity contribution is 0.0697. The average Bonchev–Trinajstić information content (AvgIpc) is 2.94. The summed E-state index contributed by atoms with van der Waals surface area (Å²) in [4.78, 5) is 27.0. The molecule has 1 aromatic carbocycles. The molecule has 2 rings (SSSR count). The van der Waals surface area contributed by atoms with Crippen LogP contribution in [0.25, 0.3) is 0 Å². The summed E-state index contributed by atoms with van der Waals surface area (Å²) in [6, 6.07) is 5.84. The number of carboxylic acid groups (broad SMARTS) is 1. The molecular formula is C16H18N2O4. The first kappa shape index (κ1) is 15.8. The third kappa shape index (κ3) is 3.72. The van der Waals surface area contributed by atoms with Crippen LogP contribution in [0.4, 0.5) is 0 Å². The van der Waals surface area contributed by atoms with Crippen molar-refractivity contribution in [2.75, 3.05) is 0 Å². The maximum absolute atomic E-state index is 12.0. The number of oxazole rings is 1. The Morgan fingerprint density at radius 1 is 1.27 bits per heavy atom. The van der Waals surface area contributed by atoms with Gasteiger partial charge in [-0.3, -0.25) is 4.79 Å². The van der Waals surface area contributed by atoms with Crippen LogP contribution in [0.3, 0.4) is 0 Å². The topological polar surface area (TPSA) is 92.4 Å². The highest BCUT2D eigenvalue weighted by atomic mass is 16.4. The Labute approximate surface area is 128 Å². The molecule has 6 nitrogen and oxygen atoms in total. The van der Waals surface area contributed by atoms with Crippen LogP contribution < -0.4 is 5.32 Å². The summed E-state index contributed by atoms with van der Waals surface area (Å²) in [6.45, 7) is 6.17. The summed E-state index contributed by atoms with van der Waals surface area (Å²) in [5, 5.41) is 11.6. The minimum atomic E-state index is -1.07. The van der Waals surface area contributed by atoms with Crippen molar-refractivity contribution >= 4 is 11.9 Å². The van der Waals surface area contributed by atoms with Gasteiger partial charge in [0.15, 0.2) is 0 Å². The quantitative estimate of drug-likeness (QED) is 0.905. The molecule has 0 bridgehead atoms. The third-order valence-electron chi connectivity index (χ3n) is 3.06. The van der Waals surface area contributed by atoms with E-state index in [4.69, 9.17) is 9.52 Å². The first-order valence-electron chi connectivity index (χ1n) is 6.84. The molecule has 22 heavy (non-hydrogen) atoms. The van der Waals surface area contributed by atoms with Crippen LogP contribution in [0.2, 0.25) is 0 Å². The van der Waals surface area contributed by atoms with Gasteiger partial charge in [-0.15, -0.1) is 0 Å². The first-order valence-corrected chi connectivity index (χ1v) is 6.84. The molecule has 0 aliphatic heterocycles. The molecule has 0 atom stereocenters. The van der Waals surface area contributed by atoms with Gasteiger partial charge in [0, 0.05) is 11.0 Å². The molecule has 0 aliphatic rings. The summed E-state index contributed by atoms with van der Waals surface area (Å²) in [5.41, 5.74) is 0.201. The predicted molar refractivity (Wildman–Crippen MR) is 79.8 cm³/mol. The number of carboxylic acids is 1. The van der Waals surface area contributed by atoms with Crippen LogP contribution in [0, 0.1) is 0 Å². The minimum Gasteiger partial charge on any atom is -0.478 e. The molecule has 116 valence electrons. The number of carbonyl (C=O) groups excluding carboxylic acids is 1. The van der Waals surface area contributed by atoms with E-state index in [9.17, 15) is 9.59 Å². The van der Waals surface area contributed by atoms with Gasteiger partial charge in [0.05, 0.1) is 18.3 Å². The number of amides is 1. The van der Waals surface area contributed by atoms with E-state index < -0.39 is 5.97 Å². The Morgan fingerprint density at radius 2 is 1.95 bits per heavy atom. The van der Waals surface area contributed by atoms with Gasteiger partial charge in [0.25, 0.3) is 5.91 Å². The lowest BCUT2D eigenvalue weighted by Crippen LogP contribution is -2.23. The zero-order valence-electron chi connectivity index (χ0n) is 12.7. The number of aromatic carboxylic acids is 1. The number of nitrogens with zero attached hydrogens (tertiary/aromatic N) is 1. The highest BCUT2D eigenvalue weighted by molar-refractivity contribution is 5.97. The third-order valence-corrected chi connectivity index (χ3v) is 3.06. The van der Waals surface area contributed by atoms with E-state index in [2.05, 4.69) is 10.3 Å². The molecule has 1 amide bonds. The van der Waals surface area contributed by atoms with Crippen LogP contribution in [-0.2, 0) is 12.0 Å². The van der Waals surface area contributed by atoms with Gasteiger partial charge < -0.3 is 14.8 Å². The molecule has 2 N–H and O–H groups in total. The normalized spacial score (nSPS) is 11.2. The Morgan fingerprint density at radius 3 is 2.55 bits per heavy atom. The van der Waals surface area contributed by atoms with Gasteiger partial charge in [-0.05, 0) is 18.2 Å². The predicted octanol–water partition coefficient (Wildman–Crippen LogP) is 2.60. The molecule has 0 aliphatic carbocycles. The van der Waals surface area contributed by atoms with Crippen molar-refractivity contribution in [2.45, 2.75) is 32.7 Å². The lowest BCUT2D eigenvalue weighted by atomic mass is 9.94. The molecule has 2 aromatic rings. The Balaban J connectivity index is 2.02. The van der Waals surface area contributed by atoms with Gasteiger partial charge in [-0.2, -0.15) is 0 Å². The van der Waals surface area contributed by atoms with E-state index in [1.54, 1.807) is 12.3 Å². The second-order valence-electron chi connectivity index (χ2n) is 5.94. The van der Waals surface area contributed by atoms with Crippen molar-refractivity contribution in [3.63, 3.8) is 0 Å². The second-order valence-corrected chi connectivity index (χ2v) is 5.94. The van der Waals surface area contributed by atoms with Crippen LogP contribution in [0.15, 0.2) is 34.9 Å². The zero-order chi connectivity index (χ0) is 16.3. The minimum absolute atomic E-state index is 0.0683. The van der Waals surface area contributed by atoms with E-state index in [-0.39, 0.29) is 29.0 Å². The Kier molecular flexibility index (Phi) is 4.30. The number of hydrogen-bond donors (Lipinski definition) is 2. The van der Waals surface area contributed by atoms with E-state index >= 15 is 0 Å². The van der Waals surface area contributed by atoms with Crippen molar-refractivity contribution < 1.29 is 19.1 Å². The van der Waals surface area contributed by atoms with Crippen LogP contribution >= 0.6 is 0 Å². The van der Waals surface area contributed by atoms with Crippen molar-refractivity contribution in [3.8, 4) is 0 Å². The molecule has 6 heteroatoms. The number of carbonyl (C=O) groups is 2. The zero-order valence-corrected chi connectivity index (χ0v) is 12.7. The standard InChI is InChI=1S/C16H18N2O4/c1-16(2,3)12-8-17-13(22-12)9-18-14(19)10-5-4-6-11(7-10)15(20)21/h4-8H,9H2,1-3H3,(H,18,19)(H,20,21). The summed E-state index contributed by atoms with van der Waals surface area (Å²) < 4.78 is 5.58. The van der Waals surface area contributed by atoms with Crippen molar-refractivity contribution in [1.29, 1.82) is 0 Å². The molecule has 0 saturated heterocycles. The van der Waals surface area contributed by atoms with Crippen molar-refractivity contribution in [3.05, 3.63) is 53.2 Å². The fourth-order valence-corrected chi connectivity index (χ4v) is 1.79. The molecule has 0 unspecified atom stereocenters. The molecule has 0 radical (unpaired) electrons. The largest absolute Gasteiger partial charge is 0.478 e. The maximum Gasteiger partial charge on any atom is 0.335 e. The number of nitrogens with one attached hydrogen (secondary N) is 1. The molecule has 0 fully saturated rings.